The predicted molar refractivity (Wildman–Crippen MR) is 72.8 cm³/mol. The summed E-state index contributed by atoms with van der Waals surface area (Å²) in [6.07, 6.45) is 1.65. The van der Waals surface area contributed by atoms with Gasteiger partial charge in [-0.3, -0.25) is 0 Å². The van der Waals surface area contributed by atoms with Crippen molar-refractivity contribution in [2.45, 2.75) is 0 Å². The molecule has 18 heavy (non-hydrogen) atoms. The fourth-order valence-corrected chi connectivity index (χ4v) is 2.24. The van der Waals surface area contributed by atoms with Crippen LogP contribution < -0.4 is 4.74 Å². The first-order chi connectivity index (χ1) is 8.70. The maximum atomic E-state index is 11.3. The van der Waals surface area contributed by atoms with Gasteiger partial charge in [0.1, 0.15) is 5.75 Å². The molecule has 3 nitrogen and oxygen atoms in total. The molecule has 0 saturated heterocycles. The van der Waals surface area contributed by atoms with Crippen molar-refractivity contribution in [3.8, 4) is 5.75 Å². The van der Waals surface area contributed by atoms with Crippen molar-refractivity contribution < 1.29 is 14.6 Å². The zero-order valence-electron chi connectivity index (χ0n) is 9.79. The van der Waals surface area contributed by atoms with Crippen LogP contribution in [0.15, 0.2) is 41.1 Å². The maximum Gasteiger partial charge on any atom is 0.336 e. The topological polar surface area (TPSA) is 46.5 Å². The van der Waals surface area contributed by atoms with Gasteiger partial charge in [-0.1, -0.05) is 12.1 Å². The number of hydrogen-bond donors (Lipinski definition) is 1. The number of aliphatic carboxylic acids is 1. The Balaban J connectivity index is 2.42. The molecule has 92 valence electrons. The van der Waals surface area contributed by atoms with E-state index in [4.69, 9.17) is 4.74 Å². The van der Waals surface area contributed by atoms with E-state index < -0.39 is 5.97 Å². The molecule has 0 aliphatic heterocycles. The van der Waals surface area contributed by atoms with E-state index in [0.29, 0.717) is 5.75 Å². The van der Waals surface area contributed by atoms with Crippen LogP contribution in [0.1, 0.15) is 11.1 Å². The number of benzene rings is 1. The highest BCUT2D eigenvalue weighted by molar-refractivity contribution is 7.08. The van der Waals surface area contributed by atoms with Crippen LogP contribution in [0.4, 0.5) is 0 Å². The molecule has 0 radical (unpaired) electrons. The van der Waals surface area contributed by atoms with Crippen LogP contribution in [0.5, 0.6) is 5.75 Å². The van der Waals surface area contributed by atoms with Crippen LogP contribution in [0.2, 0.25) is 0 Å². The van der Waals surface area contributed by atoms with Gasteiger partial charge in [0.05, 0.1) is 12.7 Å². The summed E-state index contributed by atoms with van der Waals surface area (Å²) in [6, 6.07) is 9.10. The lowest BCUT2D eigenvalue weighted by Crippen LogP contribution is -1.98. The van der Waals surface area contributed by atoms with Crippen molar-refractivity contribution >= 4 is 29.0 Å². The van der Waals surface area contributed by atoms with Crippen LogP contribution in [0.25, 0.3) is 11.6 Å². The van der Waals surface area contributed by atoms with E-state index in [0.717, 1.165) is 11.1 Å². The Morgan fingerprint density at radius 1 is 1.39 bits per heavy atom. The molecule has 0 fully saturated rings. The zero-order valence-corrected chi connectivity index (χ0v) is 10.6. The van der Waals surface area contributed by atoms with E-state index in [-0.39, 0.29) is 5.57 Å². The summed E-state index contributed by atoms with van der Waals surface area (Å²) in [5.41, 5.74) is 1.80. The Labute approximate surface area is 109 Å². The molecular formula is C14H12O3S. The van der Waals surface area contributed by atoms with E-state index in [9.17, 15) is 9.90 Å². The molecule has 2 aromatic rings. The van der Waals surface area contributed by atoms with E-state index in [1.807, 2.05) is 29.0 Å². The van der Waals surface area contributed by atoms with Gasteiger partial charge >= 0.3 is 5.97 Å². The van der Waals surface area contributed by atoms with Crippen LogP contribution >= 0.6 is 11.3 Å². The monoisotopic (exact) mass is 260 g/mol. The molecule has 0 unspecified atom stereocenters. The van der Waals surface area contributed by atoms with Gasteiger partial charge in [-0.25, -0.2) is 4.79 Å². The van der Waals surface area contributed by atoms with Crippen molar-refractivity contribution in [3.63, 3.8) is 0 Å². The molecule has 1 aromatic carbocycles. The normalized spacial score (nSPS) is 11.3. The minimum absolute atomic E-state index is 0.282. The summed E-state index contributed by atoms with van der Waals surface area (Å²) in [7, 11) is 1.58. The number of rotatable bonds is 4. The Kier molecular flexibility index (Phi) is 3.79. The average Bonchev–Trinajstić information content (AvgIpc) is 2.89. The van der Waals surface area contributed by atoms with Crippen molar-refractivity contribution in [3.05, 3.63) is 52.2 Å². The zero-order chi connectivity index (χ0) is 13.0. The SMILES string of the molecule is COc1cccc(/C=C(/C(=O)O)c2ccsc2)c1. The van der Waals surface area contributed by atoms with Gasteiger partial charge < -0.3 is 9.84 Å². The van der Waals surface area contributed by atoms with Crippen molar-refractivity contribution in [1.29, 1.82) is 0 Å². The van der Waals surface area contributed by atoms with E-state index in [1.165, 1.54) is 11.3 Å². The van der Waals surface area contributed by atoms with Gasteiger partial charge in [0.25, 0.3) is 0 Å². The molecule has 4 heteroatoms. The summed E-state index contributed by atoms with van der Waals surface area (Å²) in [5.74, 6) is -0.227. The molecule has 0 saturated carbocycles. The highest BCUT2D eigenvalue weighted by Gasteiger charge is 2.10. The lowest BCUT2D eigenvalue weighted by Gasteiger charge is -2.02. The smallest absolute Gasteiger partial charge is 0.336 e. The first-order valence-electron chi connectivity index (χ1n) is 5.32. The molecule has 0 bridgehead atoms. The van der Waals surface area contributed by atoms with Gasteiger partial charge in [-0.05, 0) is 46.2 Å². The van der Waals surface area contributed by atoms with Crippen molar-refractivity contribution in [1.82, 2.24) is 0 Å². The highest BCUT2D eigenvalue weighted by Crippen LogP contribution is 2.22. The first-order valence-corrected chi connectivity index (χ1v) is 6.26. The first kappa shape index (κ1) is 12.4. The maximum absolute atomic E-state index is 11.3. The molecule has 1 aromatic heterocycles. The summed E-state index contributed by atoms with van der Waals surface area (Å²) in [4.78, 5) is 11.3. The lowest BCUT2D eigenvalue weighted by atomic mass is 10.1. The number of hydrogen-bond acceptors (Lipinski definition) is 3. The summed E-state index contributed by atoms with van der Waals surface area (Å²) in [5, 5.41) is 12.9. The van der Waals surface area contributed by atoms with Gasteiger partial charge in [-0.2, -0.15) is 11.3 Å². The highest BCUT2D eigenvalue weighted by atomic mass is 32.1. The number of carboxylic acids is 1. The Morgan fingerprint density at radius 2 is 2.22 bits per heavy atom. The Hall–Kier alpha value is -2.07. The second kappa shape index (κ2) is 5.51. The third-order valence-corrected chi connectivity index (χ3v) is 3.15. The lowest BCUT2D eigenvalue weighted by molar-refractivity contribution is -0.130. The molecular weight excluding hydrogens is 248 g/mol. The van der Waals surface area contributed by atoms with Gasteiger partial charge in [0, 0.05) is 0 Å². The molecule has 1 heterocycles. The van der Waals surface area contributed by atoms with Crippen LogP contribution in [-0.2, 0) is 4.79 Å². The molecule has 2 rings (SSSR count). The average molecular weight is 260 g/mol. The molecule has 0 spiro atoms. The quantitative estimate of drug-likeness (QED) is 0.857. The fourth-order valence-electron chi connectivity index (χ4n) is 1.58. The second-order valence-electron chi connectivity index (χ2n) is 3.65. The van der Waals surface area contributed by atoms with E-state index >= 15 is 0 Å². The molecule has 0 aliphatic rings. The Morgan fingerprint density at radius 3 is 2.83 bits per heavy atom. The summed E-state index contributed by atoms with van der Waals surface area (Å²) < 4.78 is 5.11. The van der Waals surface area contributed by atoms with Crippen molar-refractivity contribution in [2.24, 2.45) is 0 Å². The Bertz CT molecular complexity index is 570. The third-order valence-electron chi connectivity index (χ3n) is 2.47. The van der Waals surface area contributed by atoms with Gasteiger partial charge in [0.2, 0.25) is 0 Å². The van der Waals surface area contributed by atoms with Crippen LogP contribution in [0.3, 0.4) is 0 Å². The third kappa shape index (κ3) is 2.78. The molecule has 0 atom stereocenters. The predicted octanol–water partition coefficient (Wildman–Crippen LogP) is 3.38. The summed E-state index contributed by atoms with van der Waals surface area (Å²) >= 11 is 1.47. The minimum atomic E-state index is -0.934. The van der Waals surface area contributed by atoms with Gasteiger partial charge in [-0.15, -0.1) is 0 Å². The van der Waals surface area contributed by atoms with E-state index in [2.05, 4.69) is 0 Å². The number of ether oxygens (including phenoxy) is 1. The molecule has 1 N–H and O–H groups in total. The van der Waals surface area contributed by atoms with Crippen LogP contribution in [0, 0.1) is 0 Å². The molecule has 0 aliphatic carbocycles. The minimum Gasteiger partial charge on any atom is -0.497 e. The van der Waals surface area contributed by atoms with E-state index in [1.54, 1.807) is 25.3 Å². The second-order valence-corrected chi connectivity index (χ2v) is 4.43. The molecule has 0 amide bonds. The van der Waals surface area contributed by atoms with Gasteiger partial charge in [0.15, 0.2) is 0 Å². The number of thiophene rings is 1. The van der Waals surface area contributed by atoms with Crippen molar-refractivity contribution in [2.75, 3.05) is 7.11 Å². The standard InChI is InChI=1S/C14H12O3S/c1-17-12-4-2-3-10(7-12)8-13(14(15)16)11-5-6-18-9-11/h2-9H,1H3,(H,15,16)/b13-8+. The number of carbonyl (C=O) groups is 1. The van der Waals surface area contributed by atoms with Crippen LogP contribution in [-0.4, -0.2) is 18.2 Å². The number of methoxy groups -OCH3 is 1. The fraction of sp³-hybridized carbons (Fsp3) is 0.0714. The summed E-state index contributed by atoms with van der Waals surface area (Å²) in [6.45, 7) is 0. The largest absolute Gasteiger partial charge is 0.497 e. The number of carboxylic acid groups (broad SMARTS) is 1.